The Kier molecular flexibility index (Phi) is 4.96. The highest BCUT2D eigenvalue weighted by atomic mass is 15.2. The molecule has 0 saturated heterocycles. The van der Waals surface area contributed by atoms with Gasteiger partial charge in [0.25, 0.3) is 0 Å². The summed E-state index contributed by atoms with van der Waals surface area (Å²) < 4.78 is 4.77. The molecule has 4 nitrogen and oxygen atoms in total. The second-order valence-electron chi connectivity index (χ2n) is 11.7. The van der Waals surface area contributed by atoms with Crippen molar-refractivity contribution in [2.24, 2.45) is 0 Å². The fraction of sp³-hybridized carbons (Fsp3) is 0. The molecule has 0 atom stereocenters. The van der Waals surface area contributed by atoms with E-state index in [1.807, 2.05) is 6.20 Å². The molecule has 4 heterocycles. The summed E-state index contributed by atoms with van der Waals surface area (Å²) in [6.07, 6.45) is 1.93. The molecule has 0 radical (unpaired) electrons. The molecule has 210 valence electrons. The van der Waals surface area contributed by atoms with Gasteiger partial charge in [0.05, 0.1) is 44.8 Å². The van der Waals surface area contributed by atoms with Crippen LogP contribution in [-0.4, -0.2) is 14.1 Å². The first-order chi connectivity index (χ1) is 22.3. The lowest BCUT2D eigenvalue weighted by Crippen LogP contribution is -2.18. The number of benzene rings is 6. The van der Waals surface area contributed by atoms with Crippen molar-refractivity contribution in [3.05, 3.63) is 158 Å². The van der Waals surface area contributed by atoms with E-state index in [1.54, 1.807) is 0 Å². The average Bonchev–Trinajstić information content (AvgIpc) is 3.63. The number of hydrogen-bond donors (Lipinski definition) is 0. The van der Waals surface area contributed by atoms with Crippen molar-refractivity contribution >= 4 is 60.7 Å². The number of hydrogen-bond acceptors (Lipinski definition) is 2. The molecule has 0 unspecified atom stereocenters. The molecule has 4 heteroatoms. The monoisotopic (exact) mass is 574 g/mol. The molecule has 9 aromatic rings. The van der Waals surface area contributed by atoms with E-state index in [-0.39, 0.29) is 0 Å². The first kappa shape index (κ1) is 24.3. The maximum Gasteiger partial charge on any atom is 0.0783 e. The molecule has 0 amide bonds. The molecule has 1 aliphatic rings. The summed E-state index contributed by atoms with van der Waals surface area (Å²) in [4.78, 5) is 7.28. The van der Waals surface area contributed by atoms with Crippen LogP contribution in [0.3, 0.4) is 0 Å². The van der Waals surface area contributed by atoms with E-state index in [4.69, 9.17) is 4.98 Å². The van der Waals surface area contributed by atoms with Crippen LogP contribution in [0, 0.1) is 0 Å². The summed E-state index contributed by atoms with van der Waals surface area (Å²) in [5.74, 6) is 0. The van der Waals surface area contributed by atoms with Crippen LogP contribution in [0.1, 0.15) is 0 Å². The van der Waals surface area contributed by atoms with Crippen LogP contribution >= 0.6 is 0 Å². The minimum atomic E-state index is 0.939. The standard InChI is InChI=1S/C41H26N4/c1-4-17-35-30(13-1)31-14-2-5-18-36(31)43(35)29-23-24-42-34(26-29)27-11-9-12-28(25-27)44-38-20-7-8-21-39(38)45-37-19-6-3-15-32(37)33-16-10-22-40(44)41(33)45/h1-26H. The summed E-state index contributed by atoms with van der Waals surface area (Å²) >= 11 is 0. The highest BCUT2D eigenvalue weighted by molar-refractivity contribution is 6.16. The van der Waals surface area contributed by atoms with Gasteiger partial charge in [-0.05, 0) is 60.7 Å². The summed E-state index contributed by atoms with van der Waals surface area (Å²) in [6, 6.07) is 54.4. The van der Waals surface area contributed by atoms with E-state index < -0.39 is 0 Å². The Morgan fingerprint density at radius 2 is 0.978 bits per heavy atom. The number of nitrogens with zero attached hydrogens (tertiary/aromatic N) is 4. The second kappa shape index (κ2) is 9.18. The van der Waals surface area contributed by atoms with Crippen LogP contribution in [0.4, 0.5) is 17.1 Å². The molecule has 0 N–H and O–H groups in total. The topological polar surface area (TPSA) is 26.0 Å². The van der Waals surface area contributed by atoms with Gasteiger partial charge in [0.15, 0.2) is 0 Å². The summed E-state index contributed by atoms with van der Waals surface area (Å²) in [5.41, 5.74) is 12.6. The van der Waals surface area contributed by atoms with Gasteiger partial charge in [-0.1, -0.05) is 91.0 Å². The Morgan fingerprint density at radius 3 is 1.73 bits per heavy atom. The Hall–Kier alpha value is -6.13. The number of rotatable bonds is 3. The van der Waals surface area contributed by atoms with Gasteiger partial charge >= 0.3 is 0 Å². The fourth-order valence-corrected chi connectivity index (χ4v) is 7.40. The Balaban J connectivity index is 1.16. The van der Waals surface area contributed by atoms with Gasteiger partial charge in [-0.15, -0.1) is 0 Å². The van der Waals surface area contributed by atoms with Crippen LogP contribution in [0.2, 0.25) is 0 Å². The molecule has 0 bridgehead atoms. The molecule has 3 aromatic heterocycles. The van der Waals surface area contributed by atoms with E-state index in [0.717, 1.165) is 28.3 Å². The quantitative estimate of drug-likeness (QED) is 0.210. The van der Waals surface area contributed by atoms with E-state index >= 15 is 0 Å². The van der Waals surface area contributed by atoms with Crippen molar-refractivity contribution in [1.82, 2.24) is 14.1 Å². The van der Waals surface area contributed by atoms with Crippen LogP contribution in [0.15, 0.2) is 158 Å². The van der Waals surface area contributed by atoms with E-state index in [9.17, 15) is 0 Å². The van der Waals surface area contributed by atoms with Crippen molar-refractivity contribution in [2.75, 3.05) is 4.90 Å². The smallest absolute Gasteiger partial charge is 0.0783 e. The van der Waals surface area contributed by atoms with Gasteiger partial charge in [0, 0.05) is 44.7 Å². The van der Waals surface area contributed by atoms with Crippen molar-refractivity contribution in [3.8, 4) is 22.6 Å². The molecule has 1 aliphatic heterocycles. The zero-order chi connectivity index (χ0) is 29.5. The number of pyridine rings is 1. The molecule has 0 aliphatic carbocycles. The minimum absolute atomic E-state index is 0.939. The Labute approximate surface area is 259 Å². The minimum Gasteiger partial charge on any atom is -0.309 e. The normalized spacial score (nSPS) is 12.4. The third-order valence-electron chi connectivity index (χ3n) is 9.26. The predicted octanol–water partition coefficient (Wildman–Crippen LogP) is 10.7. The van der Waals surface area contributed by atoms with E-state index in [0.29, 0.717) is 0 Å². The lowest BCUT2D eigenvalue weighted by molar-refractivity contribution is 1.11. The molecule has 45 heavy (non-hydrogen) atoms. The molecular weight excluding hydrogens is 548 g/mol. The van der Waals surface area contributed by atoms with Crippen LogP contribution in [0.25, 0.3) is 66.2 Å². The zero-order valence-corrected chi connectivity index (χ0v) is 24.3. The third-order valence-corrected chi connectivity index (χ3v) is 9.26. The molecule has 0 fully saturated rings. The maximum atomic E-state index is 4.88. The van der Waals surface area contributed by atoms with E-state index in [1.165, 1.54) is 55.0 Å². The Bertz CT molecular complexity index is 2570. The largest absolute Gasteiger partial charge is 0.309 e. The Morgan fingerprint density at radius 1 is 0.400 bits per heavy atom. The van der Waals surface area contributed by atoms with Gasteiger partial charge in [-0.25, -0.2) is 0 Å². The lowest BCUT2D eigenvalue weighted by atomic mass is 10.1. The summed E-state index contributed by atoms with van der Waals surface area (Å²) in [5, 5.41) is 5.04. The van der Waals surface area contributed by atoms with Crippen molar-refractivity contribution < 1.29 is 0 Å². The fourth-order valence-electron chi connectivity index (χ4n) is 7.40. The highest BCUT2D eigenvalue weighted by Crippen LogP contribution is 2.49. The first-order valence-corrected chi connectivity index (χ1v) is 15.3. The van der Waals surface area contributed by atoms with Gasteiger partial charge < -0.3 is 14.0 Å². The summed E-state index contributed by atoms with van der Waals surface area (Å²) in [6.45, 7) is 0. The zero-order valence-electron chi connectivity index (χ0n) is 24.3. The van der Waals surface area contributed by atoms with Crippen molar-refractivity contribution in [1.29, 1.82) is 0 Å². The molecule has 10 rings (SSSR count). The van der Waals surface area contributed by atoms with Crippen LogP contribution in [0.5, 0.6) is 0 Å². The first-order valence-electron chi connectivity index (χ1n) is 15.3. The second-order valence-corrected chi connectivity index (χ2v) is 11.7. The lowest BCUT2D eigenvalue weighted by Gasteiger charge is -2.33. The van der Waals surface area contributed by atoms with Crippen molar-refractivity contribution in [2.45, 2.75) is 0 Å². The van der Waals surface area contributed by atoms with Gasteiger partial charge in [-0.3, -0.25) is 4.98 Å². The molecular formula is C41H26N4. The summed E-state index contributed by atoms with van der Waals surface area (Å²) in [7, 11) is 0. The van der Waals surface area contributed by atoms with Gasteiger partial charge in [0.2, 0.25) is 0 Å². The predicted molar refractivity (Wildman–Crippen MR) is 187 cm³/mol. The van der Waals surface area contributed by atoms with Crippen LogP contribution < -0.4 is 4.90 Å². The van der Waals surface area contributed by atoms with Gasteiger partial charge in [0.1, 0.15) is 0 Å². The third kappa shape index (κ3) is 3.39. The SMILES string of the molecule is c1cc(-c2cc(-n3c4ccccc4c4ccccc43)ccn2)cc(N2c3ccccc3-n3c4ccccc4c4cccc2c43)c1. The van der Waals surface area contributed by atoms with E-state index in [2.05, 4.69) is 166 Å². The average molecular weight is 575 g/mol. The molecule has 0 saturated carbocycles. The van der Waals surface area contributed by atoms with Gasteiger partial charge in [-0.2, -0.15) is 0 Å². The number of fused-ring (bicyclic) bond motifs is 8. The number of para-hydroxylation sites is 6. The highest BCUT2D eigenvalue weighted by Gasteiger charge is 2.28. The molecule has 0 spiro atoms. The maximum absolute atomic E-state index is 4.88. The number of anilines is 3. The van der Waals surface area contributed by atoms with Crippen LogP contribution in [-0.2, 0) is 0 Å². The van der Waals surface area contributed by atoms with Crippen molar-refractivity contribution in [3.63, 3.8) is 0 Å². The molecule has 6 aromatic carbocycles. The number of aromatic nitrogens is 3.